The van der Waals surface area contributed by atoms with Gasteiger partial charge in [-0.1, -0.05) is 0 Å². The van der Waals surface area contributed by atoms with Crippen LogP contribution < -0.4 is 0 Å². The molecule has 0 aliphatic carbocycles. The van der Waals surface area contributed by atoms with Crippen molar-refractivity contribution in [1.82, 2.24) is 0 Å². The summed E-state index contributed by atoms with van der Waals surface area (Å²) in [5, 5.41) is 0. The summed E-state index contributed by atoms with van der Waals surface area (Å²) in [6.07, 6.45) is 0. The van der Waals surface area contributed by atoms with Crippen molar-refractivity contribution in [3.63, 3.8) is 0 Å². The third kappa shape index (κ3) is 35.4. The van der Waals surface area contributed by atoms with Crippen LogP contribution in [0.1, 0.15) is 0 Å². The Labute approximate surface area is 161 Å². The zero-order valence-electron chi connectivity index (χ0n) is 2.86. The second kappa shape index (κ2) is 43.7. The minimum atomic E-state index is 0. The van der Waals surface area contributed by atoms with Crippen LogP contribution in [-0.2, 0) is 21.1 Å². The van der Waals surface area contributed by atoms with Gasteiger partial charge in [0.1, 0.15) is 0 Å². The van der Waals surface area contributed by atoms with E-state index in [1.54, 1.807) is 0 Å². The van der Waals surface area contributed by atoms with Gasteiger partial charge in [-0.2, -0.15) is 0 Å². The van der Waals surface area contributed by atoms with Gasteiger partial charge in [0.2, 0.25) is 0 Å². The Morgan fingerprint density at radius 2 is 0.286 bits per heavy atom. The van der Waals surface area contributed by atoms with E-state index in [2.05, 4.69) is 0 Å². The van der Waals surface area contributed by atoms with E-state index in [9.17, 15) is 0 Å². The first kappa shape index (κ1) is 57.6. The van der Waals surface area contributed by atoms with Gasteiger partial charge in [-0.15, -0.1) is 144 Å². The van der Waals surface area contributed by atoms with E-state index >= 15 is 0 Å². The van der Waals surface area contributed by atoms with Gasteiger partial charge in [0, 0.05) is 21.1 Å². The van der Waals surface area contributed by atoms with Crippen molar-refractivity contribution >= 4 is 144 Å². The summed E-state index contributed by atoms with van der Waals surface area (Å²) in [7, 11) is 0. The zero-order chi connectivity index (χ0) is 0. The smallest absolute Gasteiger partial charge is 0 e. The molecule has 0 atom stereocenters. The molecule has 7 heteroatoms. The van der Waals surface area contributed by atoms with Gasteiger partial charge >= 0.3 is 0 Å². The van der Waals surface area contributed by atoms with Gasteiger partial charge in [-0.05, 0) is 0 Å². The first-order valence-corrected chi connectivity index (χ1v) is 0. The third-order valence-corrected chi connectivity index (χ3v) is 0. The Morgan fingerprint density at radius 3 is 0.286 bits per heavy atom. The number of halogens is 6. The van der Waals surface area contributed by atoms with Gasteiger partial charge in [-0.3, -0.25) is 0 Å². The van der Waals surface area contributed by atoms with Gasteiger partial charge in [0.15, 0.2) is 0 Å². The molecule has 0 bridgehead atoms. The van der Waals surface area contributed by atoms with Crippen LogP contribution >= 0.6 is 144 Å². The zero-order valence-corrected chi connectivity index (χ0v) is 19.8. The molecule has 0 saturated heterocycles. The van der Waals surface area contributed by atoms with E-state index in [0.717, 1.165) is 0 Å². The monoisotopic (exact) mass is 951 g/mol. The second-order valence-corrected chi connectivity index (χ2v) is 0. The summed E-state index contributed by atoms with van der Waals surface area (Å²) in [5.41, 5.74) is 0. The molecule has 0 unspecified atom stereocenters. The molecular weight excluding hydrogens is 945 g/mol. The molecule has 0 saturated carbocycles. The Hall–Kier alpha value is 5.07. The fourth-order valence-electron chi connectivity index (χ4n) is 0. The Kier molecular flexibility index (Phi) is 359. The first-order valence-electron chi connectivity index (χ1n) is 0. The molecule has 0 aromatic carbocycles. The summed E-state index contributed by atoms with van der Waals surface area (Å²) in [6, 6.07) is 0. The van der Waals surface area contributed by atoms with Crippen LogP contribution in [0.5, 0.6) is 0 Å². The minimum absolute atomic E-state index is 0. The van der Waals surface area contributed by atoms with Gasteiger partial charge in [-0.25, -0.2) is 0 Å². The second-order valence-electron chi connectivity index (χ2n) is 0. The summed E-state index contributed by atoms with van der Waals surface area (Å²) in [6.45, 7) is 0. The average molecular weight is 951 g/mol. The molecule has 0 amide bonds. The summed E-state index contributed by atoms with van der Waals surface area (Å²) < 4.78 is 0. The molecule has 0 radical (unpaired) electrons. The van der Waals surface area contributed by atoms with E-state index in [-0.39, 0.29) is 165 Å². The van der Waals surface area contributed by atoms with E-state index in [0.29, 0.717) is 0 Å². The quantitative estimate of drug-likeness (QED) is 0.326. The molecule has 0 rings (SSSR count). The molecule has 0 fully saturated rings. The van der Waals surface area contributed by atoms with Gasteiger partial charge < -0.3 is 0 Å². The minimum Gasteiger partial charge on any atom is -0.107 e. The van der Waals surface area contributed by atoms with Crippen LogP contribution in [0.15, 0.2) is 0 Å². The van der Waals surface area contributed by atoms with Crippen molar-refractivity contribution < 1.29 is 21.1 Å². The molecule has 0 aliphatic heterocycles. The first-order chi connectivity index (χ1) is 0. The normalized spacial score (nSPS) is 0. The Morgan fingerprint density at radius 1 is 0.286 bits per heavy atom. The average Bonchev–Trinajstić information content (AvgIpc) is 0. The van der Waals surface area contributed by atoms with Gasteiger partial charge in [0.05, 0.1) is 0 Å². The Bertz CT molecular complexity index is 4.14. The maximum Gasteiger partial charge on any atom is 0 e. The van der Waals surface area contributed by atoms with Crippen molar-refractivity contribution in [3.05, 3.63) is 0 Å². The van der Waals surface area contributed by atoms with Crippen molar-refractivity contribution in [1.29, 1.82) is 0 Å². The van der Waals surface area contributed by atoms with Crippen LogP contribution in [0, 0.1) is 0 Å². The third-order valence-electron chi connectivity index (χ3n) is 0. The molecule has 0 heterocycles. The van der Waals surface area contributed by atoms with Crippen LogP contribution in [-0.4, -0.2) is 0 Å². The fourth-order valence-corrected chi connectivity index (χ4v) is 0. The molecule has 0 aromatic rings. The fraction of sp³-hybridized carbons (Fsp3) is 0. The topological polar surface area (TPSA) is 0 Å². The molecule has 0 aliphatic rings. The molecular formula is H6I6W. The molecule has 54 valence electrons. The molecule has 0 spiro atoms. The van der Waals surface area contributed by atoms with Crippen molar-refractivity contribution in [2.24, 2.45) is 0 Å². The standard InChI is InChI=1S/6HI.W/h6*1H;. The molecule has 0 aromatic heterocycles. The van der Waals surface area contributed by atoms with E-state index in [1.165, 1.54) is 0 Å². The van der Waals surface area contributed by atoms with Crippen molar-refractivity contribution in [3.8, 4) is 0 Å². The van der Waals surface area contributed by atoms with E-state index in [4.69, 9.17) is 0 Å². The predicted molar refractivity (Wildman–Crippen MR) is 92.5 cm³/mol. The van der Waals surface area contributed by atoms with Crippen LogP contribution in [0.25, 0.3) is 0 Å². The number of rotatable bonds is 0. The molecule has 7 heavy (non-hydrogen) atoms. The van der Waals surface area contributed by atoms with Crippen LogP contribution in [0.2, 0.25) is 0 Å². The molecule has 0 N–H and O–H groups in total. The maximum absolute atomic E-state index is 0. The predicted octanol–water partition coefficient (Wildman–Crippen LogP) is 3.71. The summed E-state index contributed by atoms with van der Waals surface area (Å²) in [4.78, 5) is 0. The maximum atomic E-state index is 0. The number of hydrogen-bond acceptors (Lipinski definition) is 0. The summed E-state index contributed by atoms with van der Waals surface area (Å²) >= 11 is 0. The van der Waals surface area contributed by atoms with Crippen molar-refractivity contribution in [2.75, 3.05) is 0 Å². The largest absolute Gasteiger partial charge is 0.107 e. The summed E-state index contributed by atoms with van der Waals surface area (Å²) in [5.74, 6) is 0. The van der Waals surface area contributed by atoms with E-state index in [1.807, 2.05) is 0 Å². The van der Waals surface area contributed by atoms with E-state index < -0.39 is 0 Å². The van der Waals surface area contributed by atoms with Gasteiger partial charge in [0.25, 0.3) is 0 Å². The van der Waals surface area contributed by atoms with Crippen LogP contribution in [0.3, 0.4) is 0 Å². The number of hydrogen-bond donors (Lipinski definition) is 0. The van der Waals surface area contributed by atoms with Crippen LogP contribution in [0.4, 0.5) is 0 Å². The van der Waals surface area contributed by atoms with Crippen molar-refractivity contribution in [2.45, 2.75) is 0 Å². The SMILES string of the molecule is I.I.I.I.I.I.[W]. The molecule has 0 nitrogen and oxygen atoms in total. The Balaban J connectivity index is 0.